The Labute approximate surface area is 103 Å². The molecule has 0 fully saturated rings. The number of H-pyrrole nitrogens is 1. The summed E-state index contributed by atoms with van der Waals surface area (Å²) in [6.07, 6.45) is -4.67. The number of carbonyl (C=O) groups excluding carboxylic acids is 1. The summed E-state index contributed by atoms with van der Waals surface area (Å²) in [6, 6.07) is 4.46. The van der Waals surface area contributed by atoms with Crippen LogP contribution in [0.5, 0.6) is 0 Å². The molecule has 0 aliphatic rings. The fourth-order valence-electron chi connectivity index (χ4n) is 1.22. The number of rotatable bonds is 2. The third-order valence-corrected chi connectivity index (χ3v) is 2.09. The molecule has 0 saturated heterocycles. The van der Waals surface area contributed by atoms with E-state index in [2.05, 4.69) is 15.4 Å². The summed E-state index contributed by atoms with van der Waals surface area (Å²) < 4.78 is 49.3. The number of aromatic nitrogens is 3. The molecular weight excluding hydrogens is 268 g/mol. The fourth-order valence-corrected chi connectivity index (χ4v) is 1.22. The lowest BCUT2D eigenvalue weighted by molar-refractivity contribution is -0.144. The maximum absolute atomic E-state index is 12.6. The predicted octanol–water partition coefficient (Wildman–Crippen LogP) is 2.21. The predicted molar refractivity (Wildman–Crippen MR) is 55.7 cm³/mol. The maximum atomic E-state index is 12.6. The summed E-state index contributed by atoms with van der Waals surface area (Å²) in [5, 5.41) is 6.91. The van der Waals surface area contributed by atoms with E-state index >= 15 is 0 Å². The third-order valence-electron chi connectivity index (χ3n) is 2.09. The van der Waals surface area contributed by atoms with Gasteiger partial charge in [-0.05, 0) is 24.3 Å². The molecule has 0 radical (unpaired) electrons. The molecule has 19 heavy (non-hydrogen) atoms. The zero-order chi connectivity index (χ0) is 14.0. The van der Waals surface area contributed by atoms with Crippen molar-refractivity contribution < 1.29 is 22.4 Å². The van der Waals surface area contributed by atoms with Crippen LogP contribution in [0, 0.1) is 5.82 Å². The lowest BCUT2D eigenvalue weighted by atomic mass is 10.2. The van der Waals surface area contributed by atoms with E-state index in [4.69, 9.17) is 0 Å². The largest absolute Gasteiger partial charge is 0.451 e. The van der Waals surface area contributed by atoms with Gasteiger partial charge >= 0.3 is 6.18 Å². The van der Waals surface area contributed by atoms with Gasteiger partial charge in [0.2, 0.25) is 11.8 Å². The molecule has 9 heteroatoms. The summed E-state index contributed by atoms with van der Waals surface area (Å²) in [5.74, 6) is -3.11. The van der Waals surface area contributed by atoms with E-state index in [0.29, 0.717) is 0 Å². The first-order valence-electron chi connectivity index (χ1n) is 4.93. The quantitative estimate of drug-likeness (QED) is 0.825. The SMILES string of the molecule is O=C(Nc1n[nH]c(C(F)(F)F)n1)c1ccc(F)cc1. The second-order valence-corrected chi connectivity index (χ2v) is 3.47. The molecule has 2 N–H and O–H groups in total. The lowest BCUT2D eigenvalue weighted by Crippen LogP contribution is -2.13. The first-order chi connectivity index (χ1) is 8.86. The summed E-state index contributed by atoms with van der Waals surface area (Å²) in [7, 11) is 0. The van der Waals surface area contributed by atoms with Gasteiger partial charge in [0.25, 0.3) is 5.91 Å². The normalized spacial score (nSPS) is 11.4. The third kappa shape index (κ3) is 3.06. The monoisotopic (exact) mass is 274 g/mol. The van der Waals surface area contributed by atoms with Crippen LogP contribution in [0.1, 0.15) is 16.2 Å². The zero-order valence-electron chi connectivity index (χ0n) is 9.12. The van der Waals surface area contributed by atoms with Crippen molar-refractivity contribution >= 4 is 11.9 Å². The summed E-state index contributed by atoms with van der Waals surface area (Å²) in [5.41, 5.74) is 0.0692. The van der Waals surface area contributed by atoms with Crippen LogP contribution in [0.25, 0.3) is 0 Å². The van der Waals surface area contributed by atoms with Crippen LogP contribution in [-0.4, -0.2) is 21.1 Å². The molecule has 2 aromatic rings. The molecule has 1 amide bonds. The van der Waals surface area contributed by atoms with E-state index in [1.165, 1.54) is 12.1 Å². The molecular formula is C10H6F4N4O. The van der Waals surface area contributed by atoms with E-state index in [0.717, 1.165) is 12.1 Å². The van der Waals surface area contributed by atoms with Crippen molar-refractivity contribution in [2.75, 3.05) is 5.32 Å². The van der Waals surface area contributed by atoms with Gasteiger partial charge in [-0.3, -0.25) is 15.2 Å². The molecule has 5 nitrogen and oxygen atoms in total. The molecule has 1 aromatic carbocycles. The number of hydrogen-bond donors (Lipinski definition) is 2. The highest BCUT2D eigenvalue weighted by Gasteiger charge is 2.35. The Morgan fingerprint density at radius 3 is 2.37 bits per heavy atom. The number of hydrogen-bond acceptors (Lipinski definition) is 3. The van der Waals surface area contributed by atoms with Crippen molar-refractivity contribution in [1.82, 2.24) is 15.2 Å². The Kier molecular flexibility index (Phi) is 3.19. The average molecular weight is 274 g/mol. The first kappa shape index (κ1) is 13.0. The summed E-state index contributed by atoms with van der Waals surface area (Å²) in [4.78, 5) is 14.6. The number of nitrogens with zero attached hydrogens (tertiary/aromatic N) is 2. The summed E-state index contributed by atoms with van der Waals surface area (Å²) in [6.45, 7) is 0. The van der Waals surface area contributed by atoms with Crippen LogP contribution < -0.4 is 5.32 Å². The Bertz CT molecular complexity index is 590. The standard InChI is InChI=1S/C10H6F4N4O/c11-6-3-1-5(2-4-6)7(19)15-9-16-8(17-18-9)10(12,13)14/h1-4H,(H2,15,16,17,18,19). The second kappa shape index (κ2) is 4.67. The minimum Gasteiger partial charge on any atom is -0.289 e. The van der Waals surface area contributed by atoms with Gasteiger partial charge in [-0.2, -0.15) is 18.2 Å². The molecule has 0 unspecified atom stereocenters. The van der Waals surface area contributed by atoms with Crippen LogP contribution in [0.2, 0.25) is 0 Å². The molecule has 1 aromatic heterocycles. The van der Waals surface area contributed by atoms with Gasteiger partial charge in [-0.1, -0.05) is 0 Å². The number of aromatic amines is 1. The second-order valence-electron chi connectivity index (χ2n) is 3.47. The molecule has 0 aliphatic heterocycles. The molecule has 0 saturated carbocycles. The molecule has 0 aliphatic carbocycles. The highest BCUT2D eigenvalue weighted by Crippen LogP contribution is 2.26. The average Bonchev–Trinajstić information content (AvgIpc) is 2.78. The summed E-state index contributed by atoms with van der Waals surface area (Å²) >= 11 is 0. The van der Waals surface area contributed by atoms with Crippen molar-refractivity contribution in [1.29, 1.82) is 0 Å². The van der Waals surface area contributed by atoms with Crippen molar-refractivity contribution in [3.05, 3.63) is 41.5 Å². The van der Waals surface area contributed by atoms with Crippen molar-refractivity contribution in [3.63, 3.8) is 0 Å². The van der Waals surface area contributed by atoms with Crippen LogP contribution >= 0.6 is 0 Å². The number of carbonyl (C=O) groups is 1. The maximum Gasteiger partial charge on any atom is 0.451 e. The van der Waals surface area contributed by atoms with E-state index in [-0.39, 0.29) is 5.56 Å². The molecule has 100 valence electrons. The van der Waals surface area contributed by atoms with Gasteiger partial charge in [-0.25, -0.2) is 4.39 Å². The number of nitrogens with one attached hydrogen (secondary N) is 2. The zero-order valence-corrected chi connectivity index (χ0v) is 9.12. The van der Waals surface area contributed by atoms with Gasteiger partial charge in [0.05, 0.1) is 0 Å². The Morgan fingerprint density at radius 1 is 1.21 bits per heavy atom. The fraction of sp³-hybridized carbons (Fsp3) is 0.100. The van der Waals surface area contributed by atoms with E-state index < -0.39 is 29.7 Å². The van der Waals surface area contributed by atoms with Crippen LogP contribution in [0.3, 0.4) is 0 Å². The van der Waals surface area contributed by atoms with Crippen LogP contribution in [0.4, 0.5) is 23.5 Å². The lowest BCUT2D eigenvalue weighted by Gasteiger charge is -2.01. The van der Waals surface area contributed by atoms with Gasteiger partial charge < -0.3 is 0 Å². The van der Waals surface area contributed by atoms with Crippen molar-refractivity contribution in [2.24, 2.45) is 0 Å². The smallest absolute Gasteiger partial charge is 0.289 e. The Hall–Kier alpha value is -2.45. The molecule has 1 heterocycles. The molecule has 2 rings (SSSR count). The van der Waals surface area contributed by atoms with Crippen LogP contribution in [0.15, 0.2) is 24.3 Å². The van der Waals surface area contributed by atoms with Gasteiger partial charge in [-0.15, -0.1) is 5.10 Å². The number of alkyl halides is 3. The van der Waals surface area contributed by atoms with Gasteiger partial charge in [0.1, 0.15) is 5.82 Å². The van der Waals surface area contributed by atoms with E-state index in [1.807, 2.05) is 0 Å². The topological polar surface area (TPSA) is 70.7 Å². The Morgan fingerprint density at radius 2 is 1.84 bits per heavy atom. The number of benzene rings is 1. The minimum absolute atomic E-state index is 0.0692. The number of amides is 1. The van der Waals surface area contributed by atoms with Gasteiger partial charge in [0.15, 0.2) is 0 Å². The number of halogens is 4. The van der Waals surface area contributed by atoms with Crippen molar-refractivity contribution in [2.45, 2.75) is 6.18 Å². The van der Waals surface area contributed by atoms with Gasteiger partial charge in [0, 0.05) is 5.56 Å². The highest BCUT2D eigenvalue weighted by molar-refractivity contribution is 6.03. The molecule has 0 spiro atoms. The van der Waals surface area contributed by atoms with Crippen molar-refractivity contribution in [3.8, 4) is 0 Å². The van der Waals surface area contributed by atoms with E-state index in [1.54, 1.807) is 5.10 Å². The molecule has 0 atom stereocenters. The molecule has 0 bridgehead atoms. The number of anilines is 1. The van der Waals surface area contributed by atoms with Crippen LogP contribution in [-0.2, 0) is 6.18 Å². The highest BCUT2D eigenvalue weighted by atomic mass is 19.4. The van der Waals surface area contributed by atoms with E-state index in [9.17, 15) is 22.4 Å². The minimum atomic E-state index is -4.67. The Balaban J connectivity index is 2.11. The first-order valence-corrected chi connectivity index (χ1v) is 4.93.